The fraction of sp³-hybridized carbons (Fsp3) is 0.286. The smallest absolute Gasteiger partial charge is 0.333 e. The number of aliphatic hydroxyl groups excluding tert-OH is 1. The lowest BCUT2D eigenvalue weighted by molar-refractivity contribution is -0.126. The van der Waals surface area contributed by atoms with Gasteiger partial charge in [-0.3, -0.25) is 9.69 Å². The van der Waals surface area contributed by atoms with Crippen LogP contribution in [0.3, 0.4) is 0 Å². The number of aliphatic hydroxyl groups is 1. The standard InChI is InChI=1S/C21H22N4O4/c22-12-15-6-4-5-9-18(15)29-14-17(26)10-11-19(23)25-20(27)13-24(21(25)28)16-7-2-1-3-8-16/h1-9,17,19,26H,10-11,13-14,23H2. The van der Waals surface area contributed by atoms with Gasteiger partial charge in [0.1, 0.15) is 25.0 Å². The van der Waals surface area contributed by atoms with E-state index in [1.807, 2.05) is 12.1 Å². The summed E-state index contributed by atoms with van der Waals surface area (Å²) >= 11 is 0. The summed E-state index contributed by atoms with van der Waals surface area (Å²) in [6, 6.07) is 17.2. The van der Waals surface area contributed by atoms with Crippen LogP contribution in [-0.2, 0) is 4.79 Å². The number of para-hydroxylation sites is 2. The molecule has 0 aromatic heterocycles. The molecule has 2 atom stereocenters. The largest absolute Gasteiger partial charge is 0.490 e. The summed E-state index contributed by atoms with van der Waals surface area (Å²) in [6.45, 7) is -0.0867. The van der Waals surface area contributed by atoms with E-state index in [4.69, 9.17) is 15.7 Å². The molecule has 8 nitrogen and oxygen atoms in total. The average molecular weight is 394 g/mol. The molecular formula is C21H22N4O4. The first-order valence-corrected chi connectivity index (χ1v) is 9.25. The van der Waals surface area contributed by atoms with Crippen molar-refractivity contribution in [3.05, 3.63) is 60.2 Å². The summed E-state index contributed by atoms with van der Waals surface area (Å²) in [7, 11) is 0. The maximum absolute atomic E-state index is 12.6. The monoisotopic (exact) mass is 394 g/mol. The number of amides is 3. The second-order valence-corrected chi connectivity index (χ2v) is 6.69. The van der Waals surface area contributed by atoms with Crippen LogP contribution in [0.1, 0.15) is 18.4 Å². The van der Waals surface area contributed by atoms with E-state index in [9.17, 15) is 14.7 Å². The number of urea groups is 1. The van der Waals surface area contributed by atoms with Crippen molar-refractivity contribution in [3.8, 4) is 11.8 Å². The number of carbonyl (C=O) groups is 2. The van der Waals surface area contributed by atoms with Gasteiger partial charge in [-0.25, -0.2) is 9.69 Å². The third kappa shape index (κ3) is 4.71. The second kappa shape index (κ2) is 9.19. The molecule has 2 aromatic carbocycles. The van der Waals surface area contributed by atoms with Gasteiger partial charge in [-0.05, 0) is 37.1 Å². The first-order chi connectivity index (χ1) is 14.0. The quantitative estimate of drug-likeness (QED) is 0.659. The van der Waals surface area contributed by atoms with Crippen LogP contribution in [0.4, 0.5) is 10.5 Å². The van der Waals surface area contributed by atoms with E-state index in [0.717, 1.165) is 4.90 Å². The highest BCUT2D eigenvalue weighted by molar-refractivity contribution is 6.12. The minimum atomic E-state index is -0.856. The van der Waals surface area contributed by atoms with Crippen LogP contribution in [0, 0.1) is 11.3 Å². The van der Waals surface area contributed by atoms with E-state index >= 15 is 0 Å². The molecule has 29 heavy (non-hydrogen) atoms. The van der Waals surface area contributed by atoms with Gasteiger partial charge in [0.2, 0.25) is 0 Å². The van der Waals surface area contributed by atoms with Crippen LogP contribution in [0.15, 0.2) is 54.6 Å². The summed E-state index contributed by atoms with van der Waals surface area (Å²) < 4.78 is 5.50. The van der Waals surface area contributed by atoms with Crippen molar-refractivity contribution >= 4 is 17.6 Å². The average Bonchev–Trinajstić information content (AvgIpc) is 3.05. The van der Waals surface area contributed by atoms with Crippen LogP contribution in [-0.4, -0.2) is 47.4 Å². The number of benzene rings is 2. The van der Waals surface area contributed by atoms with Crippen LogP contribution in [0.25, 0.3) is 0 Å². The molecule has 3 amide bonds. The third-order valence-electron chi connectivity index (χ3n) is 4.63. The van der Waals surface area contributed by atoms with Gasteiger partial charge in [0.05, 0.1) is 17.8 Å². The number of rotatable bonds is 8. The van der Waals surface area contributed by atoms with Crippen molar-refractivity contribution in [1.82, 2.24) is 4.90 Å². The number of ether oxygens (including phenoxy) is 1. The van der Waals surface area contributed by atoms with E-state index in [1.54, 1.807) is 48.5 Å². The maximum Gasteiger partial charge on any atom is 0.333 e. The van der Waals surface area contributed by atoms with Crippen molar-refractivity contribution in [2.45, 2.75) is 25.1 Å². The molecule has 0 radical (unpaired) electrons. The molecule has 2 aromatic rings. The SMILES string of the molecule is N#Cc1ccccc1OCC(O)CCC(N)N1C(=O)CN(c2ccccc2)C1=O. The summed E-state index contributed by atoms with van der Waals surface area (Å²) in [6.07, 6.45) is -1.24. The van der Waals surface area contributed by atoms with E-state index in [0.29, 0.717) is 17.0 Å². The number of imide groups is 1. The van der Waals surface area contributed by atoms with Crippen LogP contribution in [0.5, 0.6) is 5.75 Å². The molecule has 0 spiro atoms. The summed E-state index contributed by atoms with van der Waals surface area (Å²) in [4.78, 5) is 27.3. The lowest BCUT2D eigenvalue weighted by atomic mass is 10.1. The molecule has 3 N–H and O–H groups in total. The molecule has 8 heteroatoms. The molecule has 3 rings (SSSR count). The van der Waals surface area contributed by atoms with Gasteiger partial charge in [0.25, 0.3) is 5.91 Å². The van der Waals surface area contributed by atoms with E-state index in [1.165, 1.54) is 4.90 Å². The van der Waals surface area contributed by atoms with Gasteiger partial charge in [-0.1, -0.05) is 30.3 Å². The zero-order chi connectivity index (χ0) is 20.8. The molecule has 1 heterocycles. The van der Waals surface area contributed by atoms with Gasteiger partial charge in [0.15, 0.2) is 0 Å². The highest BCUT2D eigenvalue weighted by Crippen LogP contribution is 2.23. The van der Waals surface area contributed by atoms with Crippen LogP contribution < -0.4 is 15.4 Å². The summed E-state index contributed by atoms with van der Waals surface area (Å²) in [5.74, 6) is 0.0155. The van der Waals surface area contributed by atoms with Crippen LogP contribution in [0.2, 0.25) is 0 Å². The predicted molar refractivity (Wildman–Crippen MR) is 106 cm³/mol. The number of nitrogens with zero attached hydrogens (tertiary/aromatic N) is 3. The Hall–Kier alpha value is -3.41. The molecule has 2 unspecified atom stereocenters. The number of hydrogen-bond donors (Lipinski definition) is 2. The molecule has 1 aliphatic heterocycles. The van der Waals surface area contributed by atoms with Gasteiger partial charge in [-0.15, -0.1) is 0 Å². The Labute approximate surface area is 168 Å². The van der Waals surface area contributed by atoms with E-state index in [-0.39, 0.29) is 31.9 Å². The van der Waals surface area contributed by atoms with Gasteiger partial charge in [0, 0.05) is 5.69 Å². The highest BCUT2D eigenvalue weighted by Gasteiger charge is 2.39. The zero-order valence-electron chi connectivity index (χ0n) is 15.8. The Morgan fingerprint density at radius 3 is 2.52 bits per heavy atom. The molecule has 0 aliphatic carbocycles. The zero-order valence-corrected chi connectivity index (χ0v) is 15.8. The van der Waals surface area contributed by atoms with E-state index < -0.39 is 18.3 Å². The Balaban J connectivity index is 1.52. The minimum absolute atomic E-state index is 0.0244. The molecule has 150 valence electrons. The van der Waals surface area contributed by atoms with Crippen molar-refractivity contribution in [3.63, 3.8) is 0 Å². The van der Waals surface area contributed by atoms with E-state index in [2.05, 4.69) is 0 Å². The predicted octanol–water partition coefficient (Wildman–Crippen LogP) is 1.83. The maximum atomic E-state index is 12.6. The van der Waals surface area contributed by atoms with Gasteiger partial charge in [-0.2, -0.15) is 5.26 Å². The molecule has 1 fully saturated rings. The number of hydrogen-bond acceptors (Lipinski definition) is 6. The lowest BCUT2D eigenvalue weighted by Gasteiger charge is -2.24. The van der Waals surface area contributed by atoms with Crippen molar-refractivity contribution < 1.29 is 19.4 Å². The fourth-order valence-corrected chi connectivity index (χ4v) is 3.10. The van der Waals surface area contributed by atoms with Crippen molar-refractivity contribution in [2.75, 3.05) is 18.1 Å². The molecule has 0 bridgehead atoms. The third-order valence-corrected chi connectivity index (χ3v) is 4.63. The second-order valence-electron chi connectivity index (χ2n) is 6.69. The Morgan fingerprint density at radius 1 is 1.10 bits per heavy atom. The molecular weight excluding hydrogens is 372 g/mol. The minimum Gasteiger partial charge on any atom is -0.490 e. The number of carbonyl (C=O) groups excluding carboxylic acids is 2. The van der Waals surface area contributed by atoms with Gasteiger partial charge < -0.3 is 15.6 Å². The Bertz CT molecular complexity index is 912. The lowest BCUT2D eigenvalue weighted by Crippen LogP contribution is -2.47. The van der Waals surface area contributed by atoms with Crippen LogP contribution >= 0.6 is 0 Å². The summed E-state index contributed by atoms with van der Waals surface area (Å²) in [5.41, 5.74) is 7.07. The number of nitrogens with two attached hydrogens (primary N) is 1. The van der Waals surface area contributed by atoms with Gasteiger partial charge >= 0.3 is 6.03 Å². The molecule has 1 saturated heterocycles. The normalized spacial score (nSPS) is 15.9. The molecule has 0 saturated carbocycles. The molecule has 1 aliphatic rings. The Kier molecular flexibility index (Phi) is 6.44. The van der Waals surface area contributed by atoms with Crippen molar-refractivity contribution in [1.29, 1.82) is 5.26 Å². The highest BCUT2D eigenvalue weighted by atomic mass is 16.5. The van der Waals surface area contributed by atoms with Crippen molar-refractivity contribution in [2.24, 2.45) is 5.73 Å². The first kappa shape index (κ1) is 20.3. The fourth-order valence-electron chi connectivity index (χ4n) is 3.10. The number of nitriles is 1. The first-order valence-electron chi connectivity index (χ1n) is 9.25. The summed E-state index contributed by atoms with van der Waals surface area (Å²) in [5, 5.41) is 19.2. The number of anilines is 1. The Morgan fingerprint density at radius 2 is 1.79 bits per heavy atom. The topological polar surface area (TPSA) is 120 Å².